The molecule has 1 aromatic heterocycles. The fourth-order valence-electron chi connectivity index (χ4n) is 1.55. The molecule has 0 aliphatic heterocycles. The molecule has 0 aliphatic rings. The van der Waals surface area contributed by atoms with Crippen LogP contribution in [0, 0.1) is 11.8 Å². The first-order valence-electron chi connectivity index (χ1n) is 5.59. The van der Waals surface area contributed by atoms with E-state index < -0.39 is 0 Å². The van der Waals surface area contributed by atoms with E-state index in [1.54, 1.807) is 6.07 Å². The van der Waals surface area contributed by atoms with Crippen molar-refractivity contribution in [2.45, 2.75) is 26.8 Å². The van der Waals surface area contributed by atoms with Crippen LogP contribution in [0.5, 0.6) is 0 Å². The second-order valence-corrected chi connectivity index (χ2v) is 4.76. The number of carbonyl (C=O) groups is 1. The third kappa shape index (κ3) is 3.58. The van der Waals surface area contributed by atoms with Gasteiger partial charge in [-0.15, -0.1) is 11.3 Å². The Morgan fingerprint density at radius 3 is 2.82 bits per heavy atom. The summed E-state index contributed by atoms with van der Waals surface area (Å²) in [6.07, 6.45) is 0. The van der Waals surface area contributed by atoms with Crippen molar-refractivity contribution in [1.29, 1.82) is 0 Å². The molecule has 4 heteroatoms. The molecule has 0 fully saturated rings. The van der Waals surface area contributed by atoms with Crippen molar-refractivity contribution in [2.75, 3.05) is 13.2 Å². The number of hydrogen-bond acceptors (Lipinski definition) is 3. The van der Waals surface area contributed by atoms with Crippen LogP contribution in [0.3, 0.4) is 0 Å². The summed E-state index contributed by atoms with van der Waals surface area (Å²) < 4.78 is 0. The van der Waals surface area contributed by atoms with Gasteiger partial charge in [-0.1, -0.05) is 11.8 Å². The van der Waals surface area contributed by atoms with Crippen LogP contribution in [-0.4, -0.2) is 35.1 Å². The number of aliphatic hydroxyl groups excluding tert-OH is 1. The molecule has 1 aromatic rings. The van der Waals surface area contributed by atoms with Crippen molar-refractivity contribution >= 4 is 17.2 Å². The van der Waals surface area contributed by atoms with Crippen molar-refractivity contribution < 1.29 is 9.90 Å². The van der Waals surface area contributed by atoms with Gasteiger partial charge in [-0.05, 0) is 26.8 Å². The molecule has 3 nitrogen and oxygen atoms in total. The van der Waals surface area contributed by atoms with E-state index in [1.807, 2.05) is 31.1 Å². The predicted octanol–water partition coefficient (Wildman–Crippen LogP) is 1.96. The number of aliphatic hydroxyl groups is 1. The Morgan fingerprint density at radius 1 is 1.59 bits per heavy atom. The summed E-state index contributed by atoms with van der Waals surface area (Å²) in [6.45, 7) is 6.51. The molecule has 0 saturated carbocycles. The third-order valence-electron chi connectivity index (χ3n) is 2.36. The number of carbonyl (C=O) groups excluding carboxylic acids is 1. The zero-order valence-corrected chi connectivity index (χ0v) is 11.2. The van der Waals surface area contributed by atoms with Crippen LogP contribution in [0.15, 0.2) is 11.4 Å². The fourth-order valence-corrected chi connectivity index (χ4v) is 2.30. The van der Waals surface area contributed by atoms with E-state index in [1.165, 1.54) is 11.3 Å². The van der Waals surface area contributed by atoms with E-state index in [0.29, 0.717) is 12.1 Å². The molecule has 0 saturated heterocycles. The van der Waals surface area contributed by atoms with Crippen LogP contribution >= 0.6 is 11.3 Å². The zero-order valence-electron chi connectivity index (χ0n) is 10.4. The molecule has 1 amide bonds. The molecule has 92 valence electrons. The number of amides is 1. The predicted molar refractivity (Wildman–Crippen MR) is 70.1 cm³/mol. The highest BCUT2D eigenvalue weighted by atomic mass is 32.1. The van der Waals surface area contributed by atoms with Crippen molar-refractivity contribution in [1.82, 2.24) is 4.90 Å². The molecule has 1 N–H and O–H groups in total. The van der Waals surface area contributed by atoms with Crippen LogP contribution in [0.25, 0.3) is 0 Å². The maximum absolute atomic E-state index is 12.1. The summed E-state index contributed by atoms with van der Waals surface area (Å²) >= 11 is 1.43. The number of rotatable bonds is 3. The number of nitrogens with zero attached hydrogens (tertiary/aromatic N) is 1. The van der Waals surface area contributed by atoms with Crippen LogP contribution < -0.4 is 0 Å². The lowest BCUT2D eigenvalue weighted by atomic mass is 10.2. The standard InChI is InChI=1S/C13H17NO2S/c1-4-14(10(2)3)13(16)11-8-12(17-9-11)6-5-7-15/h8-10,15H,4,7H2,1-3H3. The molecule has 0 radical (unpaired) electrons. The van der Waals surface area contributed by atoms with Crippen molar-refractivity contribution in [2.24, 2.45) is 0 Å². The van der Waals surface area contributed by atoms with Gasteiger partial charge >= 0.3 is 0 Å². The van der Waals surface area contributed by atoms with Crippen molar-refractivity contribution in [3.8, 4) is 11.8 Å². The van der Waals surface area contributed by atoms with Gasteiger partial charge in [0.2, 0.25) is 0 Å². The van der Waals surface area contributed by atoms with Gasteiger partial charge in [0, 0.05) is 18.0 Å². The van der Waals surface area contributed by atoms with E-state index in [2.05, 4.69) is 11.8 Å². The molecule has 1 rings (SSSR count). The summed E-state index contributed by atoms with van der Waals surface area (Å²) in [5.74, 6) is 5.42. The number of hydrogen-bond donors (Lipinski definition) is 1. The molecule has 0 aromatic carbocycles. The summed E-state index contributed by atoms with van der Waals surface area (Å²) in [4.78, 5) is 14.8. The Labute approximate surface area is 106 Å². The minimum atomic E-state index is -0.158. The molecule has 0 aliphatic carbocycles. The molecular weight excluding hydrogens is 234 g/mol. The summed E-state index contributed by atoms with van der Waals surface area (Å²) in [6, 6.07) is 1.97. The molecule has 0 bridgehead atoms. The Hall–Kier alpha value is -1.31. The largest absolute Gasteiger partial charge is 0.384 e. The molecule has 1 heterocycles. The maximum Gasteiger partial charge on any atom is 0.254 e. The topological polar surface area (TPSA) is 40.5 Å². The van der Waals surface area contributed by atoms with Crippen LogP contribution in [0.1, 0.15) is 36.0 Å². The van der Waals surface area contributed by atoms with Gasteiger partial charge in [0.15, 0.2) is 0 Å². The van der Waals surface area contributed by atoms with Gasteiger partial charge in [0.05, 0.1) is 10.4 Å². The summed E-state index contributed by atoms with van der Waals surface area (Å²) in [5.41, 5.74) is 0.674. The Balaban J connectivity index is 2.86. The minimum absolute atomic E-state index is 0.0378. The molecule has 0 unspecified atom stereocenters. The first kappa shape index (κ1) is 13.8. The van der Waals surface area contributed by atoms with E-state index in [4.69, 9.17) is 5.11 Å². The van der Waals surface area contributed by atoms with E-state index >= 15 is 0 Å². The second kappa shape index (κ2) is 6.43. The van der Waals surface area contributed by atoms with Gasteiger partial charge < -0.3 is 10.0 Å². The van der Waals surface area contributed by atoms with Crippen LogP contribution in [0.4, 0.5) is 0 Å². The average molecular weight is 251 g/mol. The Kier molecular flexibility index (Phi) is 5.20. The lowest BCUT2D eigenvalue weighted by Gasteiger charge is -2.24. The second-order valence-electron chi connectivity index (χ2n) is 3.84. The van der Waals surface area contributed by atoms with Gasteiger partial charge in [-0.2, -0.15) is 0 Å². The lowest BCUT2D eigenvalue weighted by molar-refractivity contribution is 0.0717. The van der Waals surface area contributed by atoms with Crippen molar-refractivity contribution in [3.05, 3.63) is 21.9 Å². The normalized spacial score (nSPS) is 9.94. The molecule has 17 heavy (non-hydrogen) atoms. The first-order valence-corrected chi connectivity index (χ1v) is 6.47. The average Bonchev–Trinajstić information content (AvgIpc) is 2.75. The highest BCUT2D eigenvalue weighted by Crippen LogP contribution is 2.16. The van der Waals surface area contributed by atoms with Gasteiger partial charge in [0.1, 0.15) is 6.61 Å². The quantitative estimate of drug-likeness (QED) is 0.834. The van der Waals surface area contributed by atoms with Gasteiger partial charge in [0.25, 0.3) is 5.91 Å². The molecular formula is C13H17NO2S. The van der Waals surface area contributed by atoms with E-state index in [-0.39, 0.29) is 18.6 Å². The first-order chi connectivity index (χ1) is 8.10. The Morgan fingerprint density at radius 2 is 2.29 bits per heavy atom. The summed E-state index contributed by atoms with van der Waals surface area (Å²) in [5, 5.41) is 10.4. The molecule has 0 spiro atoms. The molecule has 0 atom stereocenters. The highest BCUT2D eigenvalue weighted by molar-refractivity contribution is 7.10. The van der Waals surface area contributed by atoms with Crippen LogP contribution in [0.2, 0.25) is 0 Å². The van der Waals surface area contributed by atoms with E-state index in [9.17, 15) is 4.79 Å². The SMILES string of the molecule is CCN(C(=O)c1csc(C#CCO)c1)C(C)C. The monoisotopic (exact) mass is 251 g/mol. The Bertz CT molecular complexity index is 440. The number of thiophene rings is 1. The lowest BCUT2D eigenvalue weighted by Crippen LogP contribution is -2.36. The van der Waals surface area contributed by atoms with E-state index in [0.717, 1.165) is 4.88 Å². The van der Waals surface area contributed by atoms with Gasteiger partial charge in [-0.25, -0.2) is 0 Å². The zero-order chi connectivity index (χ0) is 12.8. The maximum atomic E-state index is 12.1. The summed E-state index contributed by atoms with van der Waals surface area (Å²) in [7, 11) is 0. The van der Waals surface area contributed by atoms with Crippen LogP contribution in [-0.2, 0) is 0 Å². The van der Waals surface area contributed by atoms with Crippen molar-refractivity contribution in [3.63, 3.8) is 0 Å². The minimum Gasteiger partial charge on any atom is -0.384 e. The highest BCUT2D eigenvalue weighted by Gasteiger charge is 2.17. The third-order valence-corrected chi connectivity index (χ3v) is 3.21. The fraction of sp³-hybridized carbons (Fsp3) is 0.462. The smallest absolute Gasteiger partial charge is 0.254 e. The van der Waals surface area contributed by atoms with Gasteiger partial charge in [-0.3, -0.25) is 4.79 Å².